The topological polar surface area (TPSA) is 42.2 Å². The summed E-state index contributed by atoms with van der Waals surface area (Å²) >= 11 is 0. The molecule has 0 saturated heterocycles. The quantitative estimate of drug-likeness (QED) is 0.823. The number of pyridine rings is 1. The maximum absolute atomic E-state index is 13.9. The molecule has 0 spiro atoms. The molecule has 4 heteroatoms. The van der Waals surface area contributed by atoms with Gasteiger partial charge in [-0.1, -0.05) is 0 Å². The lowest BCUT2D eigenvalue weighted by atomic mass is 9.92. The fourth-order valence-corrected chi connectivity index (χ4v) is 1.82. The van der Waals surface area contributed by atoms with Crippen LogP contribution in [0.3, 0.4) is 0 Å². The molecular weight excluding hydrogens is 193 g/mol. The molecule has 0 aliphatic heterocycles. The minimum Gasteiger partial charge on any atom is -0.354 e. The van der Waals surface area contributed by atoms with Gasteiger partial charge in [-0.2, -0.15) is 0 Å². The van der Waals surface area contributed by atoms with E-state index in [2.05, 4.69) is 4.98 Å². The zero-order valence-corrected chi connectivity index (χ0v) is 8.91. The van der Waals surface area contributed by atoms with Gasteiger partial charge in [0.2, 0.25) is 0 Å². The summed E-state index contributed by atoms with van der Waals surface area (Å²) in [4.78, 5) is 6.01. The summed E-state index contributed by atoms with van der Waals surface area (Å²) in [5.41, 5.74) is 5.99. The van der Waals surface area contributed by atoms with Gasteiger partial charge in [-0.05, 0) is 25.3 Å². The average Bonchev–Trinajstić information content (AvgIpc) is 2.15. The Bertz CT molecular complexity index is 350. The summed E-state index contributed by atoms with van der Waals surface area (Å²) in [6.07, 6.45) is 5.11. The second kappa shape index (κ2) is 4.14. The SMILES string of the molecule is CN(c1nccc(CN)c1F)C1CCC1. The molecular formula is C11H16FN3. The zero-order chi connectivity index (χ0) is 10.8. The van der Waals surface area contributed by atoms with Gasteiger partial charge in [0.15, 0.2) is 11.6 Å². The maximum atomic E-state index is 13.9. The molecule has 0 radical (unpaired) electrons. The monoisotopic (exact) mass is 209 g/mol. The molecule has 15 heavy (non-hydrogen) atoms. The van der Waals surface area contributed by atoms with Gasteiger partial charge in [0.05, 0.1) is 0 Å². The molecule has 2 N–H and O–H groups in total. The second-order valence-corrected chi connectivity index (χ2v) is 4.01. The lowest BCUT2D eigenvalue weighted by molar-refractivity contribution is 0.395. The summed E-state index contributed by atoms with van der Waals surface area (Å²) in [5.74, 6) is 0.164. The Morgan fingerprint density at radius 2 is 2.33 bits per heavy atom. The Balaban J connectivity index is 2.26. The van der Waals surface area contributed by atoms with Crippen molar-refractivity contribution in [2.45, 2.75) is 31.8 Å². The number of aromatic nitrogens is 1. The first-order valence-electron chi connectivity index (χ1n) is 5.30. The molecule has 1 aromatic rings. The van der Waals surface area contributed by atoms with E-state index in [1.807, 2.05) is 11.9 Å². The van der Waals surface area contributed by atoms with Crippen LogP contribution in [0.15, 0.2) is 12.3 Å². The van der Waals surface area contributed by atoms with Crippen LogP contribution in [-0.4, -0.2) is 18.1 Å². The van der Waals surface area contributed by atoms with Crippen LogP contribution in [0.4, 0.5) is 10.2 Å². The van der Waals surface area contributed by atoms with Crippen LogP contribution in [0.5, 0.6) is 0 Å². The third-order valence-electron chi connectivity index (χ3n) is 3.13. The van der Waals surface area contributed by atoms with Crippen molar-refractivity contribution in [2.24, 2.45) is 5.73 Å². The Hall–Kier alpha value is -1.16. The summed E-state index contributed by atoms with van der Waals surface area (Å²) in [7, 11) is 1.90. The molecule has 1 aliphatic rings. The van der Waals surface area contributed by atoms with Crippen molar-refractivity contribution in [3.8, 4) is 0 Å². The highest BCUT2D eigenvalue weighted by atomic mass is 19.1. The third kappa shape index (κ3) is 1.81. The molecule has 0 amide bonds. The van der Waals surface area contributed by atoms with Crippen LogP contribution in [0.1, 0.15) is 24.8 Å². The highest BCUT2D eigenvalue weighted by Gasteiger charge is 2.25. The Kier molecular flexibility index (Phi) is 2.86. The van der Waals surface area contributed by atoms with Crippen LogP contribution in [0, 0.1) is 5.82 Å². The molecule has 0 unspecified atom stereocenters. The van der Waals surface area contributed by atoms with Gasteiger partial charge in [0, 0.05) is 31.4 Å². The largest absolute Gasteiger partial charge is 0.354 e. The van der Waals surface area contributed by atoms with Crippen molar-refractivity contribution in [2.75, 3.05) is 11.9 Å². The van der Waals surface area contributed by atoms with Crippen molar-refractivity contribution in [3.05, 3.63) is 23.6 Å². The van der Waals surface area contributed by atoms with Crippen LogP contribution < -0.4 is 10.6 Å². The number of hydrogen-bond donors (Lipinski definition) is 1. The smallest absolute Gasteiger partial charge is 0.170 e. The molecule has 1 fully saturated rings. The van der Waals surface area contributed by atoms with Gasteiger partial charge in [0.1, 0.15) is 0 Å². The van der Waals surface area contributed by atoms with Gasteiger partial charge >= 0.3 is 0 Å². The van der Waals surface area contributed by atoms with Crippen molar-refractivity contribution in [1.82, 2.24) is 4.98 Å². The van der Waals surface area contributed by atoms with E-state index in [1.165, 1.54) is 6.42 Å². The lowest BCUT2D eigenvalue weighted by Crippen LogP contribution is -2.38. The normalized spacial score (nSPS) is 16.2. The van der Waals surface area contributed by atoms with Gasteiger partial charge in [-0.15, -0.1) is 0 Å². The van der Waals surface area contributed by atoms with Gasteiger partial charge in [0.25, 0.3) is 0 Å². The summed E-state index contributed by atoms with van der Waals surface area (Å²) in [6, 6.07) is 2.08. The predicted molar refractivity (Wildman–Crippen MR) is 58.1 cm³/mol. The lowest BCUT2D eigenvalue weighted by Gasteiger charge is -2.35. The van der Waals surface area contributed by atoms with E-state index in [-0.39, 0.29) is 12.4 Å². The van der Waals surface area contributed by atoms with Crippen molar-refractivity contribution >= 4 is 5.82 Å². The van der Waals surface area contributed by atoms with E-state index in [0.29, 0.717) is 17.4 Å². The predicted octanol–water partition coefficient (Wildman–Crippen LogP) is 1.67. The van der Waals surface area contributed by atoms with E-state index in [0.717, 1.165) is 12.8 Å². The molecule has 1 aromatic heterocycles. The molecule has 1 heterocycles. The van der Waals surface area contributed by atoms with E-state index < -0.39 is 0 Å². The van der Waals surface area contributed by atoms with Gasteiger partial charge < -0.3 is 10.6 Å². The summed E-state index contributed by atoms with van der Waals surface area (Å²) in [5, 5.41) is 0. The number of rotatable bonds is 3. The highest BCUT2D eigenvalue weighted by Crippen LogP contribution is 2.29. The average molecular weight is 209 g/mol. The zero-order valence-electron chi connectivity index (χ0n) is 8.91. The molecule has 0 aromatic carbocycles. The molecule has 3 nitrogen and oxygen atoms in total. The Morgan fingerprint density at radius 1 is 1.60 bits per heavy atom. The number of nitrogens with zero attached hydrogens (tertiary/aromatic N) is 2. The van der Waals surface area contributed by atoms with Gasteiger partial charge in [-0.25, -0.2) is 9.37 Å². The van der Waals surface area contributed by atoms with E-state index in [1.54, 1.807) is 12.3 Å². The van der Waals surface area contributed by atoms with Crippen molar-refractivity contribution in [3.63, 3.8) is 0 Å². The molecule has 1 aliphatic carbocycles. The molecule has 2 rings (SSSR count). The minimum absolute atomic E-state index is 0.222. The first-order valence-corrected chi connectivity index (χ1v) is 5.30. The van der Waals surface area contributed by atoms with Gasteiger partial charge in [-0.3, -0.25) is 0 Å². The number of nitrogens with two attached hydrogens (primary N) is 1. The molecule has 0 bridgehead atoms. The Labute approximate surface area is 89.1 Å². The molecule has 82 valence electrons. The first-order chi connectivity index (χ1) is 7.24. The second-order valence-electron chi connectivity index (χ2n) is 4.01. The fraction of sp³-hybridized carbons (Fsp3) is 0.545. The number of hydrogen-bond acceptors (Lipinski definition) is 3. The van der Waals surface area contributed by atoms with E-state index >= 15 is 0 Å². The highest BCUT2D eigenvalue weighted by molar-refractivity contribution is 5.43. The van der Waals surface area contributed by atoms with Crippen LogP contribution in [0.25, 0.3) is 0 Å². The number of halogens is 1. The maximum Gasteiger partial charge on any atom is 0.170 e. The first kappa shape index (κ1) is 10.4. The third-order valence-corrected chi connectivity index (χ3v) is 3.13. The Morgan fingerprint density at radius 3 is 2.87 bits per heavy atom. The van der Waals surface area contributed by atoms with Crippen molar-refractivity contribution in [1.29, 1.82) is 0 Å². The van der Waals surface area contributed by atoms with Crippen LogP contribution in [0.2, 0.25) is 0 Å². The summed E-state index contributed by atoms with van der Waals surface area (Å²) < 4.78 is 13.9. The fourth-order valence-electron chi connectivity index (χ4n) is 1.82. The number of anilines is 1. The standard InChI is InChI=1S/C11H16FN3/c1-15(9-3-2-4-9)11-10(12)8(7-13)5-6-14-11/h5-6,9H,2-4,7,13H2,1H3. The van der Waals surface area contributed by atoms with Crippen LogP contribution in [-0.2, 0) is 6.54 Å². The van der Waals surface area contributed by atoms with Crippen molar-refractivity contribution < 1.29 is 4.39 Å². The molecule has 0 atom stereocenters. The van der Waals surface area contributed by atoms with Crippen LogP contribution >= 0.6 is 0 Å². The van der Waals surface area contributed by atoms with E-state index in [9.17, 15) is 4.39 Å². The summed E-state index contributed by atoms with van der Waals surface area (Å²) in [6.45, 7) is 0.222. The van der Waals surface area contributed by atoms with E-state index in [4.69, 9.17) is 5.73 Å². The molecule has 1 saturated carbocycles. The minimum atomic E-state index is -0.269.